The van der Waals surface area contributed by atoms with E-state index in [1.807, 2.05) is 0 Å². The number of nitrogens with one attached hydrogen (secondary N) is 2. The van der Waals surface area contributed by atoms with E-state index in [0.717, 1.165) is 53.9 Å². The van der Waals surface area contributed by atoms with Gasteiger partial charge in [-0.3, -0.25) is 25.1 Å². The van der Waals surface area contributed by atoms with E-state index in [4.69, 9.17) is 0 Å². The van der Waals surface area contributed by atoms with Crippen molar-refractivity contribution in [1.82, 2.24) is 10.4 Å². The molecule has 0 spiro atoms. The van der Waals surface area contributed by atoms with Crippen LogP contribution < -0.4 is 10.7 Å². The van der Waals surface area contributed by atoms with Gasteiger partial charge in [0.25, 0.3) is 5.91 Å². The Balaban J connectivity index is 1.81. The number of anilines is 1. The number of carbonyl (C=O) groups excluding carboxylic acids is 2. The summed E-state index contributed by atoms with van der Waals surface area (Å²) in [6, 6.07) is 3.00. The van der Waals surface area contributed by atoms with Crippen LogP contribution in [0.5, 0.6) is 0 Å². The Labute approximate surface area is 176 Å². The van der Waals surface area contributed by atoms with Crippen LogP contribution in [0.25, 0.3) is 6.08 Å². The molecule has 0 unspecified atom stereocenters. The van der Waals surface area contributed by atoms with E-state index in [1.165, 1.54) is 29.6 Å². The van der Waals surface area contributed by atoms with E-state index in [9.17, 15) is 19.7 Å². The van der Waals surface area contributed by atoms with Crippen LogP contribution in [0.2, 0.25) is 0 Å². The summed E-state index contributed by atoms with van der Waals surface area (Å²) in [5.74, 6) is -0.612. The molecule has 2 heterocycles. The molecule has 2 aromatic rings. The predicted octanol–water partition coefficient (Wildman–Crippen LogP) is 3.85. The Morgan fingerprint density at radius 1 is 1.17 bits per heavy atom. The molecule has 0 saturated carbocycles. The number of nitro groups is 1. The Morgan fingerprint density at radius 2 is 1.93 bits per heavy atom. The third-order valence-electron chi connectivity index (χ3n) is 4.40. The standard InChI is InChI=1S/C19H22N4O4S2/c1-22(2)21-18(25)17-13-6-4-3-5-7-14(13)29-19(17)20-15(24)10-8-12-9-11-16(28-12)23(26)27/h8-11H,3-7H2,1-2H3,(H,20,24)(H,21,25). The van der Waals surface area contributed by atoms with Crippen molar-refractivity contribution in [2.75, 3.05) is 19.4 Å². The molecule has 29 heavy (non-hydrogen) atoms. The molecule has 154 valence electrons. The smallest absolute Gasteiger partial charge is 0.313 e. The third-order valence-corrected chi connectivity index (χ3v) is 6.61. The first-order valence-corrected chi connectivity index (χ1v) is 10.8. The molecule has 2 aromatic heterocycles. The molecular weight excluding hydrogens is 412 g/mol. The fraction of sp³-hybridized carbons (Fsp3) is 0.368. The predicted molar refractivity (Wildman–Crippen MR) is 115 cm³/mol. The van der Waals surface area contributed by atoms with Crippen LogP contribution in [-0.2, 0) is 17.6 Å². The monoisotopic (exact) mass is 434 g/mol. The molecule has 3 rings (SSSR count). The highest BCUT2D eigenvalue weighted by Crippen LogP contribution is 2.37. The maximum atomic E-state index is 12.8. The first-order valence-electron chi connectivity index (χ1n) is 9.21. The van der Waals surface area contributed by atoms with Gasteiger partial charge < -0.3 is 5.32 Å². The maximum absolute atomic E-state index is 12.8. The Kier molecular flexibility index (Phi) is 6.78. The summed E-state index contributed by atoms with van der Waals surface area (Å²) in [6.45, 7) is 0. The minimum Gasteiger partial charge on any atom is -0.313 e. The highest BCUT2D eigenvalue weighted by Gasteiger charge is 2.25. The first-order chi connectivity index (χ1) is 13.8. The molecule has 1 aliphatic carbocycles. The van der Waals surface area contributed by atoms with Crippen molar-refractivity contribution in [2.24, 2.45) is 0 Å². The second-order valence-corrected chi connectivity index (χ2v) is 9.06. The molecule has 0 aromatic carbocycles. The second kappa shape index (κ2) is 9.29. The lowest BCUT2D eigenvalue weighted by molar-refractivity contribution is -0.380. The lowest BCUT2D eigenvalue weighted by atomic mass is 10.1. The van der Waals surface area contributed by atoms with Crippen molar-refractivity contribution in [3.8, 4) is 0 Å². The van der Waals surface area contributed by atoms with Crippen molar-refractivity contribution >= 4 is 50.6 Å². The van der Waals surface area contributed by atoms with Gasteiger partial charge in [-0.15, -0.1) is 11.3 Å². The highest BCUT2D eigenvalue weighted by atomic mass is 32.1. The van der Waals surface area contributed by atoms with E-state index in [1.54, 1.807) is 25.2 Å². The zero-order chi connectivity index (χ0) is 21.0. The third kappa shape index (κ3) is 5.28. The highest BCUT2D eigenvalue weighted by molar-refractivity contribution is 7.17. The van der Waals surface area contributed by atoms with Crippen molar-refractivity contribution in [1.29, 1.82) is 0 Å². The molecule has 0 atom stereocenters. The number of hydrazine groups is 1. The summed E-state index contributed by atoms with van der Waals surface area (Å²) in [5.41, 5.74) is 4.33. The van der Waals surface area contributed by atoms with Gasteiger partial charge in [-0.25, -0.2) is 5.01 Å². The van der Waals surface area contributed by atoms with E-state index in [0.29, 0.717) is 15.4 Å². The average Bonchev–Trinajstić information content (AvgIpc) is 3.18. The van der Waals surface area contributed by atoms with Gasteiger partial charge in [0.2, 0.25) is 5.91 Å². The quantitative estimate of drug-likeness (QED) is 0.311. The number of hydrogen-bond acceptors (Lipinski definition) is 7. The zero-order valence-electron chi connectivity index (χ0n) is 16.2. The average molecular weight is 435 g/mol. The van der Waals surface area contributed by atoms with Gasteiger partial charge in [0.1, 0.15) is 5.00 Å². The van der Waals surface area contributed by atoms with Gasteiger partial charge in [0.15, 0.2) is 0 Å². The molecule has 0 radical (unpaired) electrons. The van der Waals surface area contributed by atoms with Crippen LogP contribution in [0.4, 0.5) is 10.0 Å². The number of thiophene rings is 2. The van der Waals surface area contributed by atoms with E-state index in [2.05, 4.69) is 10.7 Å². The minimum atomic E-state index is -0.462. The topological polar surface area (TPSA) is 105 Å². The van der Waals surface area contributed by atoms with Gasteiger partial charge in [-0.05, 0) is 43.4 Å². The molecule has 0 saturated heterocycles. The number of hydrogen-bond donors (Lipinski definition) is 2. The minimum absolute atomic E-state index is 0.0229. The summed E-state index contributed by atoms with van der Waals surface area (Å²) in [7, 11) is 3.48. The van der Waals surface area contributed by atoms with Gasteiger partial charge >= 0.3 is 5.00 Å². The molecule has 2 N–H and O–H groups in total. The maximum Gasteiger partial charge on any atom is 0.324 e. The number of aryl methyl sites for hydroxylation is 1. The van der Waals surface area contributed by atoms with E-state index in [-0.39, 0.29) is 16.8 Å². The van der Waals surface area contributed by atoms with Crippen molar-refractivity contribution < 1.29 is 14.5 Å². The summed E-state index contributed by atoms with van der Waals surface area (Å²) in [4.78, 5) is 37.3. The molecule has 0 fully saturated rings. The fourth-order valence-electron chi connectivity index (χ4n) is 3.17. The summed E-state index contributed by atoms with van der Waals surface area (Å²) in [5, 5.41) is 15.7. The fourth-order valence-corrected chi connectivity index (χ4v) is 5.19. The second-order valence-electron chi connectivity index (χ2n) is 6.86. The van der Waals surface area contributed by atoms with Crippen LogP contribution in [0, 0.1) is 10.1 Å². The van der Waals surface area contributed by atoms with Crippen LogP contribution in [0.3, 0.4) is 0 Å². The number of fused-ring (bicyclic) bond motifs is 1. The van der Waals surface area contributed by atoms with Crippen LogP contribution in [0.15, 0.2) is 18.2 Å². The molecular formula is C19H22N4O4S2. The molecule has 10 heteroatoms. The first kappa shape index (κ1) is 21.2. The van der Waals surface area contributed by atoms with E-state index >= 15 is 0 Å². The van der Waals surface area contributed by atoms with Gasteiger partial charge in [0, 0.05) is 36.0 Å². The lowest BCUT2D eigenvalue weighted by Gasteiger charge is -2.14. The number of nitrogens with zero attached hydrogens (tertiary/aromatic N) is 2. The van der Waals surface area contributed by atoms with E-state index < -0.39 is 4.92 Å². The summed E-state index contributed by atoms with van der Waals surface area (Å²) < 4.78 is 0. The van der Waals surface area contributed by atoms with Crippen molar-refractivity contribution in [2.45, 2.75) is 32.1 Å². The zero-order valence-corrected chi connectivity index (χ0v) is 17.8. The van der Waals surface area contributed by atoms with Crippen molar-refractivity contribution in [3.63, 3.8) is 0 Å². The Bertz CT molecular complexity index is 962. The Hall–Kier alpha value is -2.56. The van der Waals surface area contributed by atoms with Gasteiger partial charge in [-0.1, -0.05) is 17.8 Å². The summed E-state index contributed by atoms with van der Waals surface area (Å²) >= 11 is 2.45. The molecule has 0 bridgehead atoms. The molecule has 0 aliphatic heterocycles. The molecule has 8 nitrogen and oxygen atoms in total. The van der Waals surface area contributed by atoms with Crippen molar-refractivity contribution in [3.05, 3.63) is 49.2 Å². The normalized spacial score (nSPS) is 13.9. The molecule has 1 aliphatic rings. The number of amides is 2. The SMILES string of the molecule is CN(C)NC(=O)c1c(NC(=O)C=Cc2ccc([N+](=O)[O-])s2)sc2c1CCCCC2. The lowest BCUT2D eigenvalue weighted by Crippen LogP contribution is -2.36. The van der Waals surface area contributed by atoms with Gasteiger partial charge in [-0.2, -0.15) is 0 Å². The number of carbonyl (C=O) groups is 2. The summed E-state index contributed by atoms with van der Waals surface area (Å²) in [6.07, 6.45) is 7.83. The van der Waals surface area contributed by atoms with Crippen LogP contribution in [0.1, 0.15) is 44.9 Å². The Morgan fingerprint density at radius 3 is 2.62 bits per heavy atom. The van der Waals surface area contributed by atoms with Crippen LogP contribution in [-0.4, -0.2) is 35.8 Å². The largest absolute Gasteiger partial charge is 0.324 e. The van der Waals surface area contributed by atoms with Gasteiger partial charge in [0.05, 0.1) is 10.5 Å². The number of rotatable bonds is 6. The van der Waals surface area contributed by atoms with Crippen LogP contribution >= 0.6 is 22.7 Å². The molecule has 2 amide bonds.